The van der Waals surface area contributed by atoms with Crippen molar-refractivity contribution in [1.29, 1.82) is 0 Å². The molecular formula is C26H27Cl2N3O3. The number of hydrogen-bond acceptors (Lipinski definition) is 5. The Bertz CT molecular complexity index is 1230. The molecule has 34 heavy (non-hydrogen) atoms. The van der Waals surface area contributed by atoms with E-state index in [1.165, 1.54) is 0 Å². The van der Waals surface area contributed by atoms with Gasteiger partial charge >= 0.3 is 5.97 Å². The second-order valence-corrected chi connectivity index (χ2v) is 9.19. The van der Waals surface area contributed by atoms with Gasteiger partial charge < -0.3 is 10.1 Å². The number of halogens is 2. The molecule has 3 aromatic rings. The van der Waals surface area contributed by atoms with Crippen molar-refractivity contribution in [2.24, 2.45) is 0 Å². The molecule has 6 nitrogen and oxygen atoms in total. The fourth-order valence-electron chi connectivity index (χ4n) is 4.29. The number of esters is 1. The van der Waals surface area contributed by atoms with Gasteiger partial charge in [-0.05, 0) is 43.7 Å². The molecule has 2 heterocycles. The fraction of sp³-hybridized carbons (Fsp3) is 0.346. The van der Waals surface area contributed by atoms with E-state index in [0.717, 1.165) is 48.1 Å². The highest BCUT2D eigenvalue weighted by Gasteiger charge is 2.29. The predicted octanol–water partition coefficient (Wildman–Crippen LogP) is 5.88. The van der Waals surface area contributed by atoms with Crippen molar-refractivity contribution in [3.63, 3.8) is 0 Å². The Balaban J connectivity index is 1.63. The van der Waals surface area contributed by atoms with Gasteiger partial charge in [-0.25, -0.2) is 4.79 Å². The molecule has 1 aliphatic rings. The van der Waals surface area contributed by atoms with Gasteiger partial charge in [-0.2, -0.15) is 0 Å². The maximum absolute atomic E-state index is 13.5. The second-order valence-electron chi connectivity index (χ2n) is 8.38. The zero-order valence-electron chi connectivity index (χ0n) is 19.2. The third-order valence-corrected chi connectivity index (χ3v) is 6.71. The van der Waals surface area contributed by atoms with Crippen molar-refractivity contribution in [2.75, 3.05) is 18.4 Å². The summed E-state index contributed by atoms with van der Waals surface area (Å²) < 4.78 is 5.79. The van der Waals surface area contributed by atoms with Crippen molar-refractivity contribution in [1.82, 2.24) is 9.88 Å². The molecule has 0 fully saturated rings. The van der Waals surface area contributed by atoms with E-state index in [1.54, 1.807) is 25.1 Å². The van der Waals surface area contributed by atoms with Gasteiger partial charge in [-0.15, -0.1) is 0 Å². The maximum atomic E-state index is 13.5. The number of rotatable bonds is 7. The molecule has 0 aliphatic carbocycles. The topological polar surface area (TPSA) is 71.5 Å². The van der Waals surface area contributed by atoms with Crippen molar-refractivity contribution in [3.05, 3.63) is 69.3 Å². The van der Waals surface area contributed by atoms with Gasteiger partial charge in [0, 0.05) is 41.8 Å². The van der Waals surface area contributed by atoms with E-state index in [0.29, 0.717) is 34.3 Å². The molecule has 8 heteroatoms. The number of aromatic nitrogens is 1. The van der Waals surface area contributed by atoms with Gasteiger partial charge in [-0.1, -0.05) is 55.2 Å². The van der Waals surface area contributed by atoms with E-state index < -0.39 is 18.0 Å². The summed E-state index contributed by atoms with van der Waals surface area (Å²) in [5.74, 6) is -0.932. The van der Waals surface area contributed by atoms with Crippen LogP contribution in [0.1, 0.15) is 48.3 Å². The van der Waals surface area contributed by atoms with E-state index in [9.17, 15) is 9.59 Å². The van der Waals surface area contributed by atoms with Crippen LogP contribution >= 0.6 is 23.2 Å². The lowest BCUT2D eigenvalue weighted by atomic mass is 9.95. The molecule has 0 spiro atoms. The fourth-order valence-corrected chi connectivity index (χ4v) is 4.59. The van der Waals surface area contributed by atoms with E-state index in [4.69, 9.17) is 32.9 Å². The molecule has 2 aromatic carbocycles. The highest BCUT2D eigenvalue weighted by atomic mass is 35.5. The number of anilines is 1. The van der Waals surface area contributed by atoms with Gasteiger partial charge in [0.1, 0.15) is 0 Å². The number of nitrogens with one attached hydrogen (secondary N) is 1. The number of carbonyl (C=O) groups is 2. The standard InChI is InChI=1S/C26H27Cl2N3O3/c1-3-12-31-13-11-22-18(15-31)24(17-7-5-6-8-21(17)30-22)26(33)34-23(4-2)25(32)29-16-9-10-19(27)20(28)14-16/h5-10,14,23H,3-4,11-13,15H2,1-2H3,(H,29,32). The third kappa shape index (κ3) is 5.19. The first kappa shape index (κ1) is 24.5. The van der Waals surface area contributed by atoms with Crippen LogP contribution in [0.3, 0.4) is 0 Å². The highest BCUT2D eigenvalue weighted by Crippen LogP contribution is 2.30. The van der Waals surface area contributed by atoms with E-state index >= 15 is 0 Å². The molecule has 4 rings (SSSR count). The summed E-state index contributed by atoms with van der Waals surface area (Å²) in [6, 6.07) is 12.4. The minimum atomic E-state index is -0.958. The Kier molecular flexibility index (Phi) is 7.71. The molecule has 178 valence electrons. The number of ether oxygens (including phenoxy) is 1. The van der Waals surface area contributed by atoms with Crippen LogP contribution in [0.5, 0.6) is 0 Å². The van der Waals surface area contributed by atoms with Crippen LogP contribution in [-0.4, -0.2) is 41.0 Å². The summed E-state index contributed by atoms with van der Waals surface area (Å²) in [6.45, 7) is 6.43. The van der Waals surface area contributed by atoms with Crippen LogP contribution in [0.4, 0.5) is 5.69 Å². The SMILES string of the molecule is CCCN1CCc2nc3ccccc3c(C(=O)OC(CC)C(=O)Nc3ccc(Cl)c(Cl)c3)c2C1. The quantitative estimate of drug-likeness (QED) is 0.410. The first-order chi connectivity index (χ1) is 16.4. The van der Waals surface area contributed by atoms with Crippen LogP contribution < -0.4 is 5.32 Å². The first-order valence-corrected chi connectivity index (χ1v) is 12.3. The lowest BCUT2D eigenvalue weighted by Gasteiger charge is -2.30. The van der Waals surface area contributed by atoms with Crippen LogP contribution in [-0.2, 0) is 22.5 Å². The molecule has 1 aromatic heterocycles. The van der Waals surface area contributed by atoms with E-state index in [-0.39, 0.29) is 0 Å². The summed E-state index contributed by atoms with van der Waals surface area (Å²) >= 11 is 12.0. The van der Waals surface area contributed by atoms with Crippen molar-refractivity contribution < 1.29 is 14.3 Å². The number of para-hydroxylation sites is 1. The molecule has 1 amide bonds. The third-order valence-electron chi connectivity index (χ3n) is 5.97. The number of hydrogen-bond donors (Lipinski definition) is 1. The van der Waals surface area contributed by atoms with Crippen LogP contribution in [0.25, 0.3) is 10.9 Å². The van der Waals surface area contributed by atoms with Crippen molar-refractivity contribution >= 4 is 51.7 Å². The first-order valence-electron chi connectivity index (χ1n) is 11.5. The van der Waals surface area contributed by atoms with Gasteiger partial charge in [0.15, 0.2) is 6.10 Å². The van der Waals surface area contributed by atoms with Crippen LogP contribution in [0, 0.1) is 0 Å². The van der Waals surface area contributed by atoms with E-state index in [1.807, 2.05) is 24.3 Å². The zero-order valence-corrected chi connectivity index (χ0v) is 20.7. The predicted molar refractivity (Wildman–Crippen MR) is 136 cm³/mol. The minimum Gasteiger partial charge on any atom is -0.449 e. The second kappa shape index (κ2) is 10.7. The molecule has 0 bridgehead atoms. The summed E-state index contributed by atoms with van der Waals surface area (Å²) in [7, 11) is 0. The van der Waals surface area contributed by atoms with Gasteiger partial charge in [0.2, 0.25) is 0 Å². The molecule has 1 atom stereocenters. The lowest BCUT2D eigenvalue weighted by molar-refractivity contribution is -0.124. The Morgan fingerprint density at radius 3 is 2.68 bits per heavy atom. The minimum absolute atomic E-state index is 0.325. The molecule has 0 saturated heterocycles. The zero-order chi connectivity index (χ0) is 24.2. The van der Waals surface area contributed by atoms with Crippen LogP contribution in [0.2, 0.25) is 10.0 Å². The monoisotopic (exact) mass is 499 g/mol. The van der Waals surface area contributed by atoms with Gasteiger partial charge in [-0.3, -0.25) is 14.7 Å². The summed E-state index contributed by atoms with van der Waals surface area (Å²) in [4.78, 5) is 33.6. The highest BCUT2D eigenvalue weighted by molar-refractivity contribution is 6.42. The average Bonchev–Trinajstić information content (AvgIpc) is 2.83. The molecule has 0 radical (unpaired) electrons. The number of nitrogens with zero attached hydrogens (tertiary/aromatic N) is 2. The molecule has 1 unspecified atom stereocenters. The number of fused-ring (bicyclic) bond motifs is 2. The Labute approximate surface area is 209 Å². The van der Waals surface area contributed by atoms with Gasteiger partial charge in [0.25, 0.3) is 5.91 Å². The van der Waals surface area contributed by atoms with E-state index in [2.05, 4.69) is 17.1 Å². The lowest BCUT2D eigenvalue weighted by Crippen LogP contribution is -2.35. The molecule has 1 N–H and O–H groups in total. The summed E-state index contributed by atoms with van der Waals surface area (Å²) in [5, 5.41) is 4.22. The Morgan fingerprint density at radius 2 is 1.94 bits per heavy atom. The smallest absolute Gasteiger partial charge is 0.340 e. The number of benzene rings is 2. The normalized spacial score (nSPS) is 14.5. The van der Waals surface area contributed by atoms with Gasteiger partial charge in [0.05, 0.1) is 21.1 Å². The Morgan fingerprint density at radius 1 is 1.15 bits per heavy atom. The molecule has 0 saturated carbocycles. The van der Waals surface area contributed by atoms with Crippen molar-refractivity contribution in [3.8, 4) is 0 Å². The summed E-state index contributed by atoms with van der Waals surface area (Å²) in [6.07, 6.45) is 1.17. The molecular weight excluding hydrogens is 473 g/mol. The van der Waals surface area contributed by atoms with Crippen LogP contribution in [0.15, 0.2) is 42.5 Å². The Hall–Kier alpha value is -2.67. The summed E-state index contributed by atoms with van der Waals surface area (Å²) in [5.41, 5.74) is 3.55. The number of amides is 1. The average molecular weight is 500 g/mol. The number of carbonyl (C=O) groups excluding carboxylic acids is 2. The number of pyridine rings is 1. The largest absolute Gasteiger partial charge is 0.449 e. The van der Waals surface area contributed by atoms with Crippen molar-refractivity contribution in [2.45, 2.75) is 45.8 Å². The maximum Gasteiger partial charge on any atom is 0.340 e. The molecule has 1 aliphatic heterocycles.